The third-order valence-corrected chi connectivity index (χ3v) is 5.91. The molecule has 1 aliphatic rings. The van der Waals surface area contributed by atoms with E-state index in [4.69, 9.17) is 5.73 Å². The maximum absolute atomic E-state index is 12.6. The van der Waals surface area contributed by atoms with Gasteiger partial charge in [-0.3, -0.25) is 9.59 Å². The monoisotopic (exact) mass is 326 g/mol. The van der Waals surface area contributed by atoms with Gasteiger partial charge in [0.2, 0.25) is 15.9 Å². The summed E-state index contributed by atoms with van der Waals surface area (Å²) >= 11 is 0. The van der Waals surface area contributed by atoms with Gasteiger partial charge in [0.1, 0.15) is 0 Å². The summed E-state index contributed by atoms with van der Waals surface area (Å²) in [6.45, 7) is 3.22. The molecule has 8 heteroatoms. The van der Waals surface area contributed by atoms with Gasteiger partial charge in [-0.05, 0) is 38.0 Å². The molecule has 1 amide bonds. The van der Waals surface area contributed by atoms with Gasteiger partial charge in [-0.1, -0.05) is 6.07 Å². The van der Waals surface area contributed by atoms with Crippen molar-refractivity contribution >= 4 is 21.9 Å². The minimum absolute atomic E-state index is 0.0541. The predicted octanol–water partition coefficient (Wildman–Crippen LogP) is 0.579. The van der Waals surface area contributed by atoms with Crippen LogP contribution in [0.3, 0.4) is 0 Å². The summed E-state index contributed by atoms with van der Waals surface area (Å²) in [6.07, 6.45) is 0.246. The van der Waals surface area contributed by atoms with E-state index in [0.29, 0.717) is 5.56 Å². The van der Waals surface area contributed by atoms with Crippen LogP contribution in [0.2, 0.25) is 0 Å². The van der Waals surface area contributed by atoms with Gasteiger partial charge >= 0.3 is 5.97 Å². The maximum Gasteiger partial charge on any atom is 0.310 e. The zero-order valence-electron chi connectivity index (χ0n) is 12.4. The van der Waals surface area contributed by atoms with Gasteiger partial charge < -0.3 is 10.8 Å². The van der Waals surface area contributed by atoms with Crippen LogP contribution in [0.15, 0.2) is 23.1 Å². The van der Waals surface area contributed by atoms with Crippen LogP contribution < -0.4 is 5.73 Å². The number of hydrogen-bond acceptors (Lipinski definition) is 4. The summed E-state index contributed by atoms with van der Waals surface area (Å²) in [5.41, 5.74) is 4.87. The molecule has 0 aliphatic carbocycles. The number of nitrogens with zero attached hydrogens (tertiary/aromatic N) is 1. The average molecular weight is 326 g/mol. The summed E-state index contributed by atoms with van der Waals surface area (Å²) in [7, 11) is -3.85. The Morgan fingerprint density at radius 2 is 2.00 bits per heavy atom. The topological polar surface area (TPSA) is 118 Å². The summed E-state index contributed by atoms with van der Waals surface area (Å²) < 4.78 is 26.4. The van der Waals surface area contributed by atoms with Gasteiger partial charge in [0.25, 0.3) is 0 Å². The van der Waals surface area contributed by atoms with Crippen LogP contribution in [-0.4, -0.2) is 42.8 Å². The lowest BCUT2D eigenvalue weighted by Crippen LogP contribution is -2.35. The first kappa shape index (κ1) is 16.4. The normalized spacial score (nSPS) is 22.6. The fourth-order valence-corrected chi connectivity index (χ4v) is 4.07. The molecule has 0 bridgehead atoms. The van der Waals surface area contributed by atoms with E-state index in [1.165, 1.54) is 25.1 Å². The molecule has 1 heterocycles. The quantitative estimate of drug-likeness (QED) is 0.839. The number of aryl methyl sites for hydroxylation is 1. The number of primary amides is 1. The molecule has 2 rings (SSSR count). The Morgan fingerprint density at radius 3 is 2.50 bits per heavy atom. The Kier molecular flexibility index (Phi) is 4.01. The zero-order chi connectivity index (χ0) is 16.7. The number of rotatable bonds is 4. The summed E-state index contributed by atoms with van der Waals surface area (Å²) in [4.78, 5) is 22.5. The summed E-state index contributed by atoms with van der Waals surface area (Å²) in [6, 6.07) is 4.15. The second kappa shape index (κ2) is 5.36. The molecule has 0 radical (unpaired) electrons. The highest BCUT2D eigenvalue weighted by Gasteiger charge is 2.44. The van der Waals surface area contributed by atoms with Crippen LogP contribution >= 0.6 is 0 Å². The van der Waals surface area contributed by atoms with Gasteiger partial charge in [-0.25, -0.2) is 8.42 Å². The average Bonchev–Trinajstić information content (AvgIpc) is 2.83. The second-order valence-corrected chi connectivity index (χ2v) is 7.73. The SMILES string of the molecule is Cc1ccc(S(=O)(=O)N2CCC(C)(C(=O)O)C2)cc1C(N)=O. The number of nitrogens with two attached hydrogens (primary N) is 1. The van der Waals surface area contributed by atoms with E-state index in [1.54, 1.807) is 6.92 Å². The third kappa shape index (κ3) is 2.71. The highest BCUT2D eigenvalue weighted by molar-refractivity contribution is 7.89. The van der Waals surface area contributed by atoms with Crippen molar-refractivity contribution in [2.24, 2.45) is 11.1 Å². The van der Waals surface area contributed by atoms with E-state index in [9.17, 15) is 23.1 Å². The van der Waals surface area contributed by atoms with Crippen molar-refractivity contribution in [2.75, 3.05) is 13.1 Å². The van der Waals surface area contributed by atoms with Gasteiger partial charge in [0.05, 0.1) is 10.3 Å². The first-order chi connectivity index (χ1) is 10.1. The molecule has 1 aromatic carbocycles. The van der Waals surface area contributed by atoms with E-state index in [2.05, 4.69) is 0 Å². The third-order valence-electron chi connectivity index (χ3n) is 4.07. The van der Waals surface area contributed by atoms with Gasteiger partial charge in [-0.15, -0.1) is 0 Å². The molecule has 1 aromatic rings. The first-order valence-electron chi connectivity index (χ1n) is 6.72. The number of carboxylic acids is 1. The fourth-order valence-electron chi connectivity index (χ4n) is 2.47. The van der Waals surface area contributed by atoms with Crippen molar-refractivity contribution in [3.63, 3.8) is 0 Å². The van der Waals surface area contributed by atoms with Gasteiger partial charge in [0, 0.05) is 18.7 Å². The van der Waals surface area contributed by atoms with Crippen molar-refractivity contribution in [1.29, 1.82) is 0 Å². The molecule has 1 aliphatic heterocycles. The minimum atomic E-state index is -3.85. The van der Waals surface area contributed by atoms with Crippen LogP contribution in [0.25, 0.3) is 0 Å². The molecule has 0 aromatic heterocycles. The van der Waals surface area contributed by atoms with Gasteiger partial charge in [0.15, 0.2) is 0 Å². The van der Waals surface area contributed by atoms with E-state index >= 15 is 0 Å². The molecular formula is C14H18N2O5S. The molecule has 120 valence electrons. The standard InChI is InChI=1S/C14H18N2O5S/c1-9-3-4-10(7-11(9)12(15)17)22(20,21)16-6-5-14(2,8-16)13(18)19/h3-4,7H,5-6,8H2,1-2H3,(H2,15,17)(H,18,19). The Balaban J connectivity index is 2.39. The van der Waals surface area contributed by atoms with Crippen molar-refractivity contribution in [2.45, 2.75) is 25.2 Å². The molecule has 0 spiro atoms. The molecule has 1 saturated heterocycles. The smallest absolute Gasteiger partial charge is 0.310 e. The van der Waals surface area contributed by atoms with Crippen LogP contribution in [0.4, 0.5) is 0 Å². The zero-order valence-corrected chi connectivity index (χ0v) is 13.2. The van der Waals surface area contributed by atoms with E-state index in [1.807, 2.05) is 0 Å². The fraction of sp³-hybridized carbons (Fsp3) is 0.429. The predicted molar refractivity (Wildman–Crippen MR) is 78.8 cm³/mol. The number of amides is 1. The lowest BCUT2D eigenvalue weighted by Gasteiger charge is -2.20. The van der Waals surface area contributed by atoms with Crippen LogP contribution in [0.1, 0.15) is 29.3 Å². The number of carboxylic acid groups (broad SMARTS) is 1. The molecule has 7 nitrogen and oxygen atoms in total. The maximum atomic E-state index is 12.6. The molecule has 0 saturated carbocycles. The molecular weight excluding hydrogens is 308 g/mol. The Bertz CT molecular complexity index is 744. The van der Waals surface area contributed by atoms with Crippen LogP contribution in [0, 0.1) is 12.3 Å². The first-order valence-corrected chi connectivity index (χ1v) is 8.16. The van der Waals surface area contributed by atoms with Crippen molar-refractivity contribution < 1.29 is 23.1 Å². The highest BCUT2D eigenvalue weighted by atomic mass is 32.2. The van der Waals surface area contributed by atoms with E-state index < -0.39 is 27.3 Å². The lowest BCUT2D eigenvalue weighted by atomic mass is 9.90. The Labute approximate surface area is 128 Å². The van der Waals surface area contributed by atoms with Crippen molar-refractivity contribution in [1.82, 2.24) is 4.31 Å². The molecule has 1 unspecified atom stereocenters. The molecule has 22 heavy (non-hydrogen) atoms. The number of aliphatic carboxylic acids is 1. The number of hydrogen-bond donors (Lipinski definition) is 2. The largest absolute Gasteiger partial charge is 0.481 e. The van der Waals surface area contributed by atoms with Crippen molar-refractivity contribution in [3.8, 4) is 0 Å². The number of carbonyl (C=O) groups is 2. The lowest BCUT2D eigenvalue weighted by molar-refractivity contribution is -0.146. The number of carbonyl (C=O) groups excluding carboxylic acids is 1. The summed E-state index contributed by atoms with van der Waals surface area (Å²) in [5.74, 6) is -1.72. The number of benzene rings is 1. The van der Waals surface area contributed by atoms with E-state index in [-0.39, 0.29) is 30.0 Å². The van der Waals surface area contributed by atoms with E-state index in [0.717, 1.165) is 4.31 Å². The van der Waals surface area contributed by atoms with Crippen molar-refractivity contribution in [3.05, 3.63) is 29.3 Å². The number of sulfonamides is 1. The Morgan fingerprint density at radius 1 is 1.36 bits per heavy atom. The molecule has 3 N–H and O–H groups in total. The Hall–Kier alpha value is -1.93. The van der Waals surface area contributed by atoms with Crippen LogP contribution in [-0.2, 0) is 14.8 Å². The second-order valence-electron chi connectivity index (χ2n) is 5.80. The van der Waals surface area contributed by atoms with Crippen LogP contribution in [0.5, 0.6) is 0 Å². The molecule has 1 atom stereocenters. The minimum Gasteiger partial charge on any atom is -0.481 e. The summed E-state index contributed by atoms with van der Waals surface area (Å²) in [5, 5.41) is 9.20. The molecule has 1 fully saturated rings. The highest BCUT2D eigenvalue weighted by Crippen LogP contribution is 2.34. The van der Waals surface area contributed by atoms with Gasteiger partial charge in [-0.2, -0.15) is 4.31 Å².